The summed E-state index contributed by atoms with van der Waals surface area (Å²) in [5.41, 5.74) is 4.01. The molecule has 0 saturated carbocycles. The van der Waals surface area contributed by atoms with Gasteiger partial charge >= 0.3 is 0 Å². The molecule has 1 saturated heterocycles. The highest BCUT2D eigenvalue weighted by molar-refractivity contribution is 5.44. The molecule has 0 bridgehead atoms. The van der Waals surface area contributed by atoms with Crippen molar-refractivity contribution in [3.63, 3.8) is 0 Å². The molecule has 1 aromatic rings. The van der Waals surface area contributed by atoms with Gasteiger partial charge in [-0.15, -0.1) is 0 Å². The highest BCUT2D eigenvalue weighted by Crippen LogP contribution is 2.34. The molecule has 19 heavy (non-hydrogen) atoms. The van der Waals surface area contributed by atoms with Crippen molar-refractivity contribution >= 4 is 0 Å². The van der Waals surface area contributed by atoms with E-state index in [1.165, 1.54) is 16.7 Å². The second-order valence-electron chi connectivity index (χ2n) is 5.93. The first-order valence-corrected chi connectivity index (χ1v) is 7.08. The van der Waals surface area contributed by atoms with Crippen LogP contribution in [0, 0.1) is 13.8 Å². The van der Waals surface area contributed by atoms with E-state index in [-0.39, 0.29) is 5.54 Å². The van der Waals surface area contributed by atoms with Gasteiger partial charge in [0.25, 0.3) is 0 Å². The maximum Gasteiger partial charge on any atom is 0.122 e. The highest BCUT2D eigenvalue weighted by atomic mass is 16.5. The van der Waals surface area contributed by atoms with Crippen LogP contribution in [0.1, 0.15) is 30.5 Å². The van der Waals surface area contributed by atoms with Crippen molar-refractivity contribution in [3.05, 3.63) is 28.8 Å². The fraction of sp³-hybridized carbons (Fsp3) is 0.625. The number of rotatable bonds is 3. The van der Waals surface area contributed by atoms with Crippen LogP contribution in [0.2, 0.25) is 0 Å². The predicted octanol–water partition coefficient (Wildman–Crippen LogP) is 2.45. The molecule has 0 aromatic heterocycles. The Morgan fingerprint density at radius 2 is 1.74 bits per heavy atom. The third-order valence-corrected chi connectivity index (χ3v) is 4.31. The van der Waals surface area contributed by atoms with Crippen molar-refractivity contribution in [2.45, 2.75) is 33.2 Å². The smallest absolute Gasteiger partial charge is 0.122 e. The van der Waals surface area contributed by atoms with E-state index in [4.69, 9.17) is 4.74 Å². The SMILES string of the molecule is COc1cc(C)c(C(C)(C)N2CCNCC2)cc1C. The Morgan fingerprint density at radius 1 is 1.11 bits per heavy atom. The van der Waals surface area contributed by atoms with Gasteiger partial charge in [0.2, 0.25) is 0 Å². The van der Waals surface area contributed by atoms with Gasteiger partial charge in [0.05, 0.1) is 7.11 Å². The molecule has 1 heterocycles. The summed E-state index contributed by atoms with van der Waals surface area (Å²) >= 11 is 0. The van der Waals surface area contributed by atoms with E-state index in [2.05, 4.69) is 50.0 Å². The average Bonchev–Trinajstić information content (AvgIpc) is 2.41. The molecule has 0 spiro atoms. The van der Waals surface area contributed by atoms with E-state index < -0.39 is 0 Å². The molecule has 3 nitrogen and oxygen atoms in total. The molecule has 1 aliphatic rings. The molecular weight excluding hydrogens is 236 g/mol. The standard InChI is InChI=1S/C16H26N2O/c1-12-11-15(19-5)13(2)10-14(12)16(3,4)18-8-6-17-7-9-18/h10-11,17H,6-9H2,1-5H3. The second-order valence-corrected chi connectivity index (χ2v) is 5.93. The summed E-state index contributed by atoms with van der Waals surface area (Å²) in [6, 6.07) is 4.45. The van der Waals surface area contributed by atoms with Gasteiger partial charge in [-0.05, 0) is 50.5 Å². The molecule has 1 fully saturated rings. The molecule has 1 N–H and O–H groups in total. The largest absolute Gasteiger partial charge is 0.496 e. The Kier molecular flexibility index (Phi) is 4.16. The zero-order valence-corrected chi connectivity index (χ0v) is 12.8. The number of aryl methyl sites for hydroxylation is 2. The molecule has 0 atom stereocenters. The first-order chi connectivity index (χ1) is 8.96. The van der Waals surface area contributed by atoms with Crippen LogP contribution in [-0.2, 0) is 5.54 Å². The molecule has 2 rings (SSSR count). The van der Waals surface area contributed by atoms with E-state index in [1.54, 1.807) is 7.11 Å². The number of hydrogen-bond acceptors (Lipinski definition) is 3. The molecule has 1 aliphatic heterocycles. The van der Waals surface area contributed by atoms with Gasteiger partial charge in [0.15, 0.2) is 0 Å². The fourth-order valence-electron chi connectivity index (χ4n) is 3.06. The number of methoxy groups -OCH3 is 1. The first-order valence-electron chi connectivity index (χ1n) is 7.08. The topological polar surface area (TPSA) is 24.5 Å². The van der Waals surface area contributed by atoms with Crippen molar-refractivity contribution in [1.29, 1.82) is 0 Å². The summed E-state index contributed by atoms with van der Waals surface area (Å²) in [4.78, 5) is 2.57. The normalized spacial score (nSPS) is 17.5. The van der Waals surface area contributed by atoms with Gasteiger partial charge in [-0.25, -0.2) is 0 Å². The van der Waals surface area contributed by atoms with Crippen molar-refractivity contribution in [2.24, 2.45) is 0 Å². The minimum absolute atomic E-state index is 0.0726. The van der Waals surface area contributed by atoms with Crippen LogP contribution < -0.4 is 10.1 Å². The molecule has 0 radical (unpaired) electrons. The Balaban J connectivity index is 2.36. The lowest BCUT2D eigenvalue weighted by Gasteiger charge is -2.42. The number of nitrogens with zero attached hydrogens (tertiary/aromatic N) is 1. The second kappa shape index (κ2) is 5.51. The summed E-state index contributed by atoms with van der Waals surface area (Å²) in [6.45, 7) is 13.3. The maximum atomic E-state index is 5.42. The summed E-state index contributed by atoms with van der Waals surface area (Å²) in [5, 5.41) is 3.42. The zero-order valence-electron chi connectivity index (χ0n) is 12.8. The number of benzene rings is 1. The average molecular weight is 262 g/mol. The van der Waals surface area contributed by atoms with E-state index in [0.717, 1.165) is 31.9 Å². The van der Waals surface area contributed by atoms with Gasteiger partial charge in [0.1, 0.15) is 5.75 Å². The van der Waals surface area contributed by atoms with E-state index in [0.29, 0.717) is 0 Å². The lowest BCUT2D eigenvalue weighted by atomic mass is 9.87. The number of ether oxygens (including phenoxy) is 1. The molecule has 1 aromatic carbocycles. The Hall–Kier alpha value is -1.06. The summed E-state index contributed by atoms with van der Waals surface area (Å²) < 4.78 is 5.42. The van der Waals surface area contributed by atoms with E-state index in [1.807, 2.05) is 0 Å². The molecular formula is C16H26N2O. The van der Waals surface area contributed by atoms with Crippen molar-refractivity contribution < 1.29 is 4.74 Å². The Labute approximate surface area is 116 Å². The van der Waals surface area contributed by atoms with Gasteiger partial charge < -0.3 is 10.1 Å². The first kappa shape index (κ1) is 14.4. The molecule has 3 heteroatoms. The van der Waals surface area contributed by atoms with E-state index >= 15 is 0 Å². The lowest BCUT2D eigenvalue weighted by molar-refractivity contribution is 0.102. The van der Waals surface area contributed by atoms with Crippen molar-refractivity contribution in [3.8, 4) is 5.75 Å². The van der Waals surface area contributed by atoms with Crippen LogP contribution in [0.4, 0.5) is 0 Å². The zero-order chi connectivity index (χ0) is 14.0. The summed E-state index contributed by atoms with van der Waals surface area (Å²) in [5.74, 6) is 0.984. The van der Waals surface area contributed by atoms with Crippen molar-refractivity contribution in [1.82, 2.24) is 10.2 Å². The summed E-state index contributed by atoms with van der Waals surface area (Å²) in [6.07, 6.45) is 0. The summed E-state index contributed by atoms with van der Waals surface area (Å²) in [7, 11) is 1.74. The van der Waals surface area contributed by atoms with Crippen LogP contribution >= 0.6 is 0 Å². The van der Waals surface area contributed by atoms with Crippen LogP contribution in [0.3, 0.4) is 0 Å². The third kappa shape index (κ3) is 2.77. The quantitative estimate of drug-likeness (QED) is 0.905. The van der Waals surface area contributed by atoms with Crippen LogP contribution in [0.5, 0.6) is 5.75 Å². The lowest BCUT2D eigenvalue weighted by Crippen LogP contribution is -2.52. The molecule has 106 valence electrons. The van der Waals surface area contributed by atoms with Crippen LogP contribution in [-0.4, -0.2) is 38.2 Å². The number of hydrogen-bond donors (Lipinski definition) is 1. The monoisotopic (exact) mass is 262 g/mol. The van der Waals surface area contributed by atoms with Crippen LogP contribution in [0.25, 0.3) is 0 Å². The Bertz CT molecular complexity index is 448. The molecule has 0 amide bonds. The van der Waals surface area contributed by atoms with Gasteiger partial charge in [0, 0.05) is 31.7 Å². The number of piperazine rings is 1. The minimum Gasteiger partial charge on any atom is -0.496 e. The number of nitrogens with one attached hydrogen (secondary N) is 1. The maximum absolute atomic E-state index is 5.42. The molecule has 0 unspecified atom stereocenters. The highest BCUT2D eigenvalue weighted by Gasteiger charge is 2.31. The molecule has 0 aliphatic carbocycles. The van der Waals surface area contributed by atoms with E-state index in [9.17, 15) is 0 Å². The minimum atomic E-state index is 0.0726. The van der Waals surface area contributed by atoms with Gasteiger partial charge in [-0.1, -0.05) is 6.07 Å². The van der Waals surface area contributed by atoms with Crippen molar-refractivity contribution in [2.75, 3.05) is 33.3 Å². The third-order valence-electron chi connectivity index (χ3n) is 4.31. The van der Waals surface area contributed by atoms with Crippen LogP contribution in [0.15, 0.2) is 12.1 Å². The Morgan fingerprint density at radius 3 is 2.32 bits per heavy atom. The fourth-order valence-corrected chi connectivity index (χ4v) is 3.06. The van der Waals surface area contributed by atoms with Gasteiger partial charge in [-0.3, -0.25) is 4.90 Å². The predicted molar refractivity (Wildman–Crippen MR) is 79.9 cm³/mol. The van der Waals surface area contributed by atoms with Gasteiger partial charge in [-0.2, -0.15) is 0 Å².